The molecule has 0 saturated carbocycles. The van der Waals surface area contributed by atoms with Gasteiger partial charge in [-0.05, 0) is 12.8 Å². The second kappa shape index (κ2) is 4.70. The monoisotopic (exact) mass is 89.1 g/mol. The van der Waals surface area contributed by atoms with Crippen LogP contribution in [0.15, 0.2) is 12.7 Å². The van der Waals surface area contributed by atoms with Crippen LogP contribution in [0.1, 0.15) is 16.9 Å². The minimum Gasteiger partial charge on any atom is -0.396 e. The van der Waals surface area contributed by atoms with E-state index in [1.807, 2.05) is 0 Å². The Bertz CT molecular complexity index is 96.9. The van der Waals surface area contributed by atoms with Crippen LogP contribution in [0, 0.1) is 0 Å². The van der Waals surface area contributed by atoms with Crippen LogP contribution in [-0.2, 0) is 0 Å². The van der Waals surface area contributed by atoms with Crippen LogP contribution in [-0.4, -0.2) is 11.7 Å². The summed E-state index contributed by atoms with van der Waals surface area (Å²) in [6.45, 7) is 0.922. The van der Waals surface area contributed by atoms with E-state index in [1.54, 1.807) is 0 Å². The molecule has 0 heterocycles. The summed E-state index contributed by atoms with van der Waals surface area (Å²) in [6, 6.07) is 0. The van der Waals surface area contributed by atoms with Crippen molar-refractivity contribution < 1.29 is 9.22 Å². The molecule has 1 heteroatoms. The summed E-state index contributed by atoms with van der Waals surface area (Å²) in [7, 11) is 0. The highest BCUT2D eigenvalue weighted by molar-refractivity contribution is 4.64. The fourth-order valence-corrected chi connectivity index (χ4v) is 0.136. The van der Waals surface area contributed by atoms with Gasteiger partial charge in [0.15, 0.2) is 0 Å². The van der Waals surface area contributed by atoms with Gasteiger partial charge in [0.2, 0.25) is 0 Å². The highest BCUT2D eigenvalue weighted by atomic mass is 16.2. The van der Waals surface area contributed by atoms with Gasteiger partial charge < -0.3 is 5.11 Å². The number of aliphatic hydroxyl groups is 1. The molecule has 1 atom stereocenters. The molecule has 0 aromatic carbocycles. The molecular formula is C5H10O. The minimum atomic E-state index is -2.39. The Labute approximate surface area is 42.5 Å². The predicted molar refractivity (Wildman–Crippen MR) is 26.5 cm³/mol. The molecule has 6 heavy (non-hydrogen) atoms. The summed E-state index contributed by atoms with van der Waals surface area (Å²) in [6.07, 6.45) is 0.463. The molecule has 0 aliphatic rings. The molecule has 0 saturated heterocycles. The van der Waals surface area contributed by atoms with Crippen molar-refractivity contribution in [3.05, 3.63) is 12.7 Å². The Balaban J connectivity index is 3.72. The number of hydrogen-bond acceptors (Lipinski definition) is 1. The summed E-state index contributed by atoms with van der Waals surface area (Å²) in [5, 5.41) is 8.52. The zero-order valence-corrected chi connectivity index (χ0v) is 3.52. The number of rotatable bonds is 3. The van der Waals surface area contributed by atoms with E-state index in [0.29, 0.717) is 0 Å². The Morgan fingerprint density at radius 3 is 2.83 bits per heavy atom. The summed E-state index contributed by atoms with van der Waals surface area (Å²) >= 11 is 0. The lowest BCUT2D eigenvalue weighted by Crippen LogP contribution is -1.76. The van der Waals surface area contributed by atoms with Crippen molar-refractivity contribution in [3.8, 4) is 0 Å². The van der Waals surface area contributed by atoms with Crippen LogP contribution in [0.3, 0.4) is 0 Å². The SMILES string of the molecule is [2H]C(CC=C)C([2H])([2H])O. The summed E-state index contributed by atoms with van der Waals surface area (Å²) in [5.74, 6) is 0. The van der Waals surface area contributed by atoms with E-state index in [1.165, 1.54) is 6.08 Å². The molecule has 1 unspecified atom stereocenters. The molecule has 0 aromatic rings. The molecule has 0 amide bonds. The molecule has 0 aromatic heterocycles. The van der Waals surface area contributed by atoms with Crippen molar-refractivity contribution >= 4 is 0 Å². The Morgan fingerprint density at radius 2 is 2.67 bits per heavy atom. The number of allylic oxidation sites excluding steroid dienone is 1. The second-order valence-corrected chi connectivity index (χ2v) is 0.858. The first-order valence-electron chi connectivity index (χ1n) is 3.31. The highest BCUT2D eigenvalue weighted by Crippen LogP contribution is 1.83. The van der Waals surface area contributed by atoms with Gasteiger partial charge in [-0.25, -0.2) is 0 Å². The minimum absolute atomic E-state index is 0.170. The first kappa shape index (κ1) is 2.12. The van der Waals surface area contributed by atoms with E-state index in [2.05, 4.69) is 6.58 Å². The Kier molecular flexibility index (Phi) is 1.66. The van der Waals surface area contributed by atoms with E-state index in [9.17, 15) is 0 Å². The van der Waals surface area contributed by atoms with Gasteiger partial charge in [-0.1, -0.05) is 6.08 Å². The Morgan fingerprint density at radius 1 is 2.00 bits per heavy atom. The van der Waals surface area contributed by atoms with Crippen LogP contribution in [0.25, 0.3) is 0 Å². The largest absolute Gasteiger partial charge is 0.396 e. The van der Waals surface area contributed by atoms with Crippen LogP contribution in [0.5, 0.6) is 0 Å². The first-order valence-corrected chi connectivity index (χ1v) is 1.74. The molecule has 0 aliphatic heterocycles. The highest BCUT2D eigenvalue weighted by Gasteiger charge is 1.72. The third-order valence-corrected chi connectivity index (χ3v) is 0.376. The number of hydrogen-bond donors (Lipinski definition) is 1. The topological polar surface area (TPSA) is 20.2 Å². The van der Waals surface area contributed by atoms with Gasteiger partial charge in [0.25, 0.3) is 0 Å². The van der Waals surface area contributed by atoms with E-state index in [4.69, 9.17) is 9.22 Å². The van der Waals surface area contributed by atoms with Gasteiger partial charge >= 0.3 is 0 Å². The molecular weight excluding hydrogens is 76.1 g/mol. The maximum atomic E-state index is 8.52. The second-order valence-electron chi connectivity index (χ2n) is 0.858. The van der Waals surface area contributed by atoms with Crippen LogP contribution < -0.4 is 0 Å². The fraction of sp³-hybridized carbons (Fsp3) is 0.600. The maximum absolute atomic E-state index is 8.52. The average Bonchev–Trinajstić information content (AvgIpc) is 1.64. The van der Waals surface area contributed by atoms with Crippen molar-refractivity contribution in [2.45, 2.75) is 12.8 Å². The fourth-order valence-electron chi connectivity index (χ4n) is 0.136. The summed E-state index contributed by atoms with van der Waals surface area (Å²) in [5.41, 5.74) is 0. The van der Waals surface area contributed by atoms with Crippen molar-refractivity contribution in [1.82, 2.24) is 0 Å². The van der Waals surface area contributed by atoms with Crippen molar-refractivity contribution in [2.75, 3.05) is 6.56 Å². The lowest BCUT2D eigenvalue weighted by atomic mass is 10.3. The van der Waals surface area contributed by atoms with E-state index < -0.39 is 13.0 Å². The molecule has 0 fully saturated rings. The van der Waals surface area contributed by atoms with Crippen molar-refractivity contribution in [1.29, 1.82) is 0 Å². The Hall–Kier alpha value is -0.300. The summed E-state index contributed by atoms with van der Waals surface area (Å²) in [4.78, 5) is 0. The molecule has 0 spiro atoms. The third-order valence-electron chi connectivity index (χ3n) is 0.376. The van der Waals surface area contributed by atoms with Gasteiger partial charge in [0.05, 0.1) is 2.74 Å². The quantitative estimate of drug-likeness (QED) is 0.510. The van der Waals surface area contributed by atoms with Gasteiger partial charge in [0, 0.05) is 7.93 Å². The molecule has 1 nitrogen and oxygen atoms in total. The van der Waals surface area contributed by atoms with Crippen LogP contribution in [0.4, 0.5) is 0 Å². The molecule has 0 bridgehead atoms. The third kappa shape index (κ3) is 3.70. The van der Waals surface area contributed by atoms with Gasteiger partial charge in [-0.15, -0.1) is 6.58 Å². The van der Waals surface area contributed by atoms with E-state index in [-0.39, 0.29) is 6.42 Å². The lowest BCUT2D eigenvalue weighted by molar-refractivity contribution is 0.289. The molecule has 0 rings (SSSR count). The first-order chi connectivity index (χ1) is 3.98. The van der Waals surface area contributed by atoms with Crippen molar-refractivity contribution in [2.24, 2.45) is 0 Å². The zero-order valence-electron chi connectivity index (χ0n) is 6.52. The predicted octanol–water partition coefficient (Wildman–Crippen LogP) is 0.945. The van der Waals surface area contributed by atoms with Gasteiger partial charge in [0.1, 0.15) is 0 Å². The van der Waals surface area contributed by atoms with Crippen LogP contribution >= 0.6 is 0 Å². The molecule has 0 aliphatic carbocycles. The smallest absolute Gasteiger partial charge is 0.0564 e. The zero-order chi connectivity index (χ0) is 7.49. The molecule has 1 N–H and O–H groups in total. The molecule has 36 valence electrons. The standard InChI is InChI=1S/C5H10O/c1-2-3-4-5-6/h2,6H,1,3-5H2/i4D,5D2. The summed E-state index contributed by atoms with van der Waals surface area (Å²) < 4.78 is 20.2. The van der Waals surface area contributed by atoms with E-state index >= 15 is 0 Å². The van der Waals surface area contributed by atoms with Crippen molar-refractivity contribution in [3.63, 3.8) is 0 Å². The molecule has 0 radical (unpaired) electrons. The maximum Gasteiger partial charge on any atom is 0.0564 e. The van der Waals surface area contributed by atoms with Crippen LogP contribution in [0.2, 0.25) is 0 Å². The lowest BCUT2D eigenvalue weighted by Gasteiger charge is -1.81. The van der Waals surface area contributed by atoms with Gasteiger partial charge in [-0.2, -0.15) is 0 Å². The van der Waals surface area contributed by atoms with E-state index in [0.717, 1.165) is 0 Å². The average molecular weight is 89.2 g/mol. The normalized spacial score (nSPS) is 23.2. The van der Waals surface area contributed by atoms with Gasteiger partial charge in [-0.3, -0.25) is 0 Å².